The van der Waals surface area contributed by atoms with Gasteiger partial charge in [0.1, 0.15) is 18.1 Å². The fourth-order valence-corrected chi connectivity index (χ4v) is 3.52. The van der Waals surface area contributed by atoms with Crippen LogP contribution in [0, 0.1) is 0 Å². The van der Waals surface area contributed by atoms with E-state index in [4.69, 9.17) is 9.47 Å². The fourth-order valence-electron chi connectivity index (χ4n) is 3.52. The number of fused-ring (bicyclic) bond motifs is 3. The van der Waals surface area contributed by atoms with Crippen LogP contribution in [-0.2, 0) is 4.74 Å². The SMILES string of the molecule is C1=CC2(C=C3CC=c4ccccc4=C3OC2)Oc2ccccc21. The maximum atomic E-state index is 6.28. The molecular formula is C21H16O2. The number of ether oxygens (including phenoxy) is 2. The van der Waals surface area contributed by atoms with Gasteiger partial charge in [0.15, 0.2) is 5.60 Å². The van der Waals surface area contributed by atoms with Crippen molar-refractivity contribution in [1.82, 2.24) is 0 Å². The summed E-state index contributed by atoms with van der Waals surface area (Å²) in [6, 6.07) is 16.5. The molecular weight excluding hydrogens is 284 g/mol. The number of benzene rings is 2. The first-order valence-electron chi connectivity index (χ1n) is 7.95. The van der Waals surface area contributed by atoms with Gasteiger partial charge in [-0.05, 0) is 35.4 Å². The lowest BCUT2D eigenvalue weighted by atomic mass is 9.90. The van der Waals surface area contributed by atoms with Crippen LogP contribution in [0.3, 0.4) is 0 Å². The summed E-state index contributed by atoms with van der Waals surface area (Å²) in [6.45, 7) is 0.505. The minimum Gasteiger partial charge on any atom is -0.488 e. The predicted octanol–water partition coefficient (Wildman–Crippen LogP) is 2.78. The number of rotatable bonds is 0. The number of hydrogen-bond donors (Lipinski definition) is 0. The molecule has 3 aliphatic rings. The molecule has 2 heterocycles. The first-order valence-corrected chi connectivity index (χ1v) is 7.95. The van der Waals surface area contributed by atoms with Crippen LogP contribution in [0.1, 0.15) is 12.0 Å². The van der Waals surface area contributed by atoms with E-state index in [2.05, 4.69) is 54.6 Å². The lowest BCUT2D eigenvalue weighted by Crippen LogP contribution is -2.43. The van der Waals surface area contributed by atoms with Gasteiger partial charge >= 0.3 is 0 Å². The van der Waals surface area contributed by atoms with Crippen molar-refractivity contribution in [2.24, 2.45) is 0 Å². The molecule has 2 aliphatic heterocycles. The van der Waals surface area contributed by atoms with Crippen LogP contribution in [0.2, 0.25) is 0 Å². The van der Waals surface area contributed by atoms with Crippen molar-refractivity contribution in [2.75, 3.05) is 6.61 Å². The molecule has 2 aromatic rings. The van der Waals surface area contributed by atoms with Crippen molar-refractivity contribution in [1.29, 1.82) is 0 Å². The Hall–Kier alpha value is -2.74. The Bertz CT molecular complexity index is 981. The van der Waals surface area contributed by atoms with E-state index >= 15 is 0 Å². The maximum absolute atomic E-state index is 6.28. The van der Waals surface area contributed by atoms with Gasteiger partial charge in [-0.1, -0.05) is 54.6 Å². The van der Waals surface area contributed by atoms with Gasteiger partial charge in [0.05, 0.1) is 0 Å². The van der Waals surface area contributed by atoms with Gasteiger partial charge in [0, 0.05) is 10.8 Å². The van der Waals surface area contributed by atoms with Crippen LogP contribution in [0.4, 0.5) is 0 Å². The van der Waals surface area contributed by atoms with Gasteiger partial charge in [-0.2, -0.15) is 0 Å². The van der Waals surface area contributed by atoms with Crippen LogP contribution >= 0.6 is 0 Å². The lowest BCUT2D eigenvalue weighted by molar-refractivity contribution is 0.0759. The van der Waals surface area contributed by atoms with Crippen molar-refractivity contribution in [3.63, 3.8) is 0 Å². The quantitative estimate of drug-likeness (QED) is 0.745. The molecule has 2 aromatic carbocycles. The summed E-state index contributed by atoms with van der Waals surface area (Å²) in [4.78, 5) is 0. The third kappa shape index (κ3) is 1.95. The van der Waals surface area contributed by atoms with Crippen molar-refractivity contribution in [3.05, 3.63) is 82.3 Å². The minimum atomic E-state index is -0.493. The Labute approximate surface area is 134 Å². The second kappa shape index (κ2) is 4.63. The molecule has 0 bridgehead atoms. The van der Waals surface area contributed by atoms with Gasteiger partial charge in [0.25, 0.3) is 0 Å². The highest BCUT2D eigenvalue weighted by molar-refractivity contribution is 5.69. The summed E-state index contributed by atoms with van der Waals surface area (Å²) in [6.07, 6.45) is 9.61. The monoisotopic (exact) mass is 300 g/mol. The topological polar surface area (TPSA) is 18.5 Å². The van der Waals surface area contributed by atoms with Gasteiger partial charge in [-0.15, -0.1) is 0 Å². The van der Waals surface area contributed by atoms with Crippen molar-refractivity contribution in [2.45, 2.75) is 12.0 Å². The average molecular weight is 300 g/mol. The van der Waals surface area contributed by atoms with E-state index in [-0.39, 0.29) is 0 Å². The summed E-state index contributed by atoms with van der Waals surface area (Å²) >= 11 is 0. The molecule has 1 spiro atoms. The van der Waals surface area contributed by atoms with Crippen LogP contribution in [-0.4, -0.2) is 12.2 Å². The van der Waals surface area contributed by atoms with E-state index in [1.165, 1.54) is 16.0 Å². The average Bonchev–Trinajstić information content (AvgIpc) is 2.61. The normalized spacial score (nSPS) is 23.7. The van der Waals surface area contributed by atoms with Gasteiger partial charge < -0.3 is 9.47 Å². The molecule has 5 rings (SSSR count). The third-order valence-electron chi connectivity index (χ3n) is 4.66. The molecule has 2 heteroatoms. The molecule has 0 amide bonds. The van der Waals surface area contributed by atoms with Crippen molar-refractivity contribution < 1.29 is 9.47 Å². The molecule has 0 aromatic heterocycles. The third-order valence-corrected chi connectivity index (χ3v) is 4.66. The van der Waals surface area contributed by atoms with Crippen molar-refractivity contribution >= 4 is 17.9 Å². The summed E-state index contributed by atoms with van der Waals surface area (Å²) in [5.74, 6) is 1.92. The Morgan fingerprint density at radius 2 is 1.83 bits per heavy atom. The summed E-state index contributed by atoms with van der Waals surface area (Å²) < 4.78 is 12.5. The Morgan fingerprint density at radius 1 is 0.957 bits per heavy atom. The van der Waals surface area contributed by atoms with Crippen LogP contribution < -0.4 is 15.2 Å². The predicted molar refractivity (Wildman–Crippen MR) is 91.1 cm³/mol. The molecule has 2 nitrogen and oxygen atoms in total. The Balaban J connectivity index is 1.63. The van der Waals surface area contributed by atoms with Crippen LogP contribution in [0.15, 0.2) is 66.3 Å². The number of para-hydroxylation sites is 1. The highest BCUT2D eigenvalue weighted by Crippen LogP contribution is 2.37. The van der Waals surface area contributed by atoms with E-state index in [9.17, 15) is 0 Å². The van der Waals surface area contributed by atoms with Gasteiger partial charge in [0.2, 0.25) is 0 Å². The Morgan fingerprint density at radius 3 is 2.83 bits per heavy atom. The molecule has 1 unspecified atom stereocenters. The number of hydrogen-bond acceptors (Lipinski definition) is 2. The standard InChI is InChI=1S/C21H16O2/c1-3-7-18-15(5-1)9-10-17-13-21(14-22-20(17)18)12-11-16-6-2-4-8-19(16)23-21/h1-9,11-13H,10,14H2. The second-order valence-electron chi connectivity index (χ2n) is 6.21. The molecule has 112 valence electrons. The zero-order valence-electron chi connectivity index (χ0n) is 12.7. The van der Waals surface area contributed by atoms with E-state index in [1.807, 2.05) is 18.2 Å². The first-order chi connectivity index (χ1) is 11.3. The lowest BCUT2D eigenvalue weighted by Gasteiger charge is -2.37. The molecule has 23 heavy (non-hydrogen) atoms. The molecule has 0 N–H and O–H groups in total. The zero-order chi connectivity index (χ0) is 15.3. The van der Waals surface area contributed by atoms with E-state index in [0.717, 1.165) is 23.5 Å². The summed E-state index contributed by atoms with van der Waals surface area (Å²) in [5, 5.41) is 2.43. The maximum Gasteiger partial charge on any atom is 0.180 e. The van der Waals surface area contributed by atoms with E-state index in [1.54, 1.807) is 0 Å². The highest BCUT2D eigenvalue weighted by Gasteiger charge is 2.36. The smallest absolute Gasteiger partial charge is 0.180 e. The summed E-state index contributed by atoms with van der Waals surface area (Å²) in [5.41, 5.74) is 1.83. The molecule has 0 radical (unpaired) electrons. The van der Waals surface area contributed by atoms with Crippen LogP contribution in [0.25, 0.3) is 17.9 Å². The molecule has 1 aliphatic carbocycles. The van der Waals surface area contributed by atoms with Gasteiger partial charge in [-0.25, -0.2) is 0 Å². The van der Waals surface area contributed by atoms with Crippen LogP contribution in [0.5, 0.6) is 5.75 Å². The molecule has 0 fully saturated rings. The summed E-state index contributed by atoms with van der Waals surface area (Å²) in [7, 11) is 0. The first kappa shape index (κ1) is 12.8. The highest BCUT2D eigenvalue weighted by atomic mass is 16.5. The second-order valence-corrected chi connectivity index (χ2v) is 6.21. The fraction of sp³-hybridized carbons (Fsp3) is 0.143. The Kier molecular flexibility index (Phi) is 2.57. The van der Waals surface area contributed by atoms with Gasteiger partial charge in [-0.3, -0.25) is 0 Å². The minimum absolute atomic E-state index is 0.493. The van der Waals surface area contributed by atoms with Crippen molar-refractivity contribution in [3.8, 4) is 5.75 Å². The van der Waals surface area contributed by atoms with E-state index < -0.39 is 5.60 Å². The van der Waals surface area contributed by atoms with E-state index in [0.29, 0.717) is 6.61 Å². The zero-order valence-corrected chi connectivity index (χ0v) is 12.7. The molecule has 0 saturated heterocycles. The largest absolute Gasteiger partial charge is 0.488 e. The molecule has 0 saturated carbocycles. The molecule has 1 atom stereocenters.